The SMILES string of the molecule is CC1(C)Oc2cc3nonc3cc2C(N(CCCCl)C(N)=O)C1O. The van der Waals surface area contributed by atoms with E-state index in [4.69, 9.17) is 26.7 Å². The van der Waals surface area contributed by atoms with E-state index in [0.29, 0.717) is 41.2 Å². The Morgan fingerprint density at radius 3 is 2.71 bits per heavy atom. The minimum absolute atomic E-state index is 0.325. The number of aliphatic hydroxyl groups is 1. The fourth-order valence-electron chi connectivity index (χ4n) is 3.00. The lowest BCUT2D eigenvalue weighted by Gasteiger charge is -2.45. The van der Waals surface area contributed by atoms with E-state index in [2.05, 4.69) is 10.3 Å². The third kappa shape index (κ3) is 2.76. The Morgan fingerprint density at radius 1 is 1.42 bits per heavy atom. The fourth-order valence-corrected chi connectivity index (χ4v) is 3.12. The minimum atomic E-state index is -0.981. The van der Waals surface area contributed by atoms with E-state index >= 15 is 0 Å². The molecule has 1 aliphatic heterocycles. The van der Waals surface area contributed by atoms with E-state index in [1.54, 1.807) is 26.0 Å². The third-order valence-electron chi connectivity index (χ3n) is 4.24. The van der Waals surface area contributed by atoms with Crippen LogP contribution in [-0.2, 0) is 0 Å². The highest BCUT2D eigenvalue weighted by Gasteiger charge is 2.46. The van der Waals surface area contributed by atoms with E-state index in [0.717, 1.165) is 0 Å². The summed E-state index contributed by atoms with van der Waals surface area (Å²) in [7, 11) is 0. The van der Waals surface area contributed by atoms with Crippen LogP contribution in [0.15, 0.2) is 16.8 Å². The molecule has 2 heterocycles. The number of fused-ring (bicyclic) bond motifs is 2. The normalized spacial score (nSPS) is 22.0. The van der Waals surface area contributed by atoms with Crippen LogP contribution in [0.5, 0.6) is 5.75 Å². The summed E-state index contributed by atoms with van der Waals surface area (Å²) in [6, 6.07) is 2.07. The van der Waals surface area contributed by atoms with Gasteiger partial charge in [0.05, 0.1) is 6.04 Å². The number of hydrogen-bond acceptors (Lipinski definition) is 6. The molecule has 0 aliphatic carbocycles. The number of nitrogens with two attached hydrogens (primary N) is 1. The van der Waals surface area contributed by atoms with Gasteiger partial charge in [-0.25, -0.2) is 9.42 Å². The summed E-state index contributed by atoms with van der Waals surface area (Å²) in [6.45, 7) is 3.82. The number of alkyl halides is 1. The zero-order valence-electron chi connectivity index (χ0n) is 13.4. The van der Waals surface area contributed by atoms with E-state index in [1.807, 2.05) is 0 Å². The number of primary amides is 1. The quantitative estimate of drug-likeness (QED) is 0.809. The number of urea groups is 1. The van der Waals surface area contributed by atoms with Crippen molar-refractivity contribution < 1.29 is 19.3 Å². The molecule has 0 saturated heterocycles. The molecule has 0 saturated carbocycles. The summed E-state index contributed by atoms with van der Waals surface area (Å²) < 4.78 is 10.6. The first-order chi connectivity index (χ1) is 11.3. The summed E-state index contributed by atoms with van der Waals surface area (Å²) in [5.74, 6) is 0.890. The predicted octanol–water partition coefficient (Wildman–Crippen LogP) is 1.81. The number of ether oxygens (including phenoxy) is 1. The lowest BCUT2D eigenvalue weighted by molar-refractivity contribution is -0.0842. The molecule has 24 heavy (non-hydrogen) atoms. The van der Waals surface area contributed by atoms with Crippen molar-refractivity contribution in [2.45, 2.75) is 38.0 Å². The van der Waals surface area contributed by atoms with Gasteiger partial charge in [0, 0.05) is 24.1 Å². The number of aromatic nitrogens is 2. The standard InChI is InChI=1S/C15H19ClN4O4/c1-15(2)13(21)12(20(14(17)22)5-3-4-16)8-6-9-10(19-24-18-9)7-11(8)23-15/h6-7,12-13,21H,3-5H2,1-2H3,(H2,17,22). The maximum atomic E-state index is 12.0. The van der Waals surface area contributed by atoms with E-state index < -0.39 is 23.8 Å². The van der Waals surface area contributed by atoms with Crippen molar-refractivity contribution in [3.05, 3.63) is 17.7 Å². The Labute approximate surface area is 143 Å². The van der Waals surface area contributed by atoms with Gasteiger partial charge < -0.3 is 20.5 Å². The average Bonchev–Trinajstić information content (AvgIpc) is 2.95. The molecule has 2 atom stereocenters. The van der Waals surface area contributed by atoms with Crippen molar-refractivity contribution >= 4 is 28.7 Å². The summed E-state index contributed by atoms with van der Waals surface area (Å²) >= 11 is 5.75. The van der Waals surface area contributed by atoms with Crippen LogP contribution in [0.1, 0.15) is 31.9 Å². The van der Waals surface area contributed by atoms with Crippen molar-refractivity contribution in [3.63, 3.8) is 0 Å². The monoisotopic (exact) mass is 354 g/mol. The zero-order chi connectivity index (χ0) is 17.5. The van der Waals surface area contributed by atoms with Crippen LogP contribution in [0.4, 0.5) is 4.79 Å². The average molecular weight is 355 g/mol. The molecule has 0 bridgehead atoms. The molecule has 130 valence electrons. The second kappa shape index (κ2) is 6.10. The van der Waals surface area contributed by atoms with Gasteiger partial charge in [-0.05, 0) is 36.6 Å². The van der Waals surface area contributed by atoms with Gasteiger partial charge in [-0.15, -0.1) is 11.6 Å². The first kappa shape index (κ1) is 16.8. The zero-order valence-corrected chi connectivity index (χ0v) is 14.2. The molecular formula is C15H19ClN4O4. The Hall–Kier alpha value is -2.06. The molecule has 8 nitrogen and oxygen atoms in total. The molecule has 1 aromatic carbocycles. The van der Waals surface area contributed by atoms with Gasteiger partial charge in [-0.3, -0.25) is 0 Å². The van der Waals surface area contributed by atoms with Crippen molar-refractivity contribution in [2.75, 3.05) is 12.4 Å². The lowest BCUT2D eigenvalue weighted by atomic mass is 9.85. The number of rotatable bonds is 4. The fraction of sp³-hybridized carbons (Fsp3) is 0.533. The minimum Gasteiger partial charge on any atom is -0.485 e. The molecule has 2 unspecified atom stereocenters. The van der Waals surface area contributed by atoms with Gasteiger partial charge >= 0.3 is 6.03 Å². The number of benzene rings is 1. The van der Waals surface area contributed by atoms with Crippen molar-refractivity contribution in [3.8, 4) is 5.75 Å². The molecule has 2 aromatic rings. The van der Waals surface area contributed by atoms with Gasteiger partial charge in [0.1, 0.15) is 28.5 Å². The molecular weight excluding hydrogens is 336 g/mol. The van der Waals surface area contributed by atoms with Crippen LogP contribution in [-0.4, -0.2) is 50.5 Å². The number of aliphatic hydroxyl groups excluding tert-OH is 1. The Morgan fingerprint density at radius 2 is 2.08 bits per heavy atom. The number of halogens is 1. The summed E-state index contributed by atoms with van der Waals surface area (Å²) in [5.41, 5.74) is 6.29. The van der Waals surface area contributed by atoms with E-state index in [9.17, 15) is 9.90 Å². The van der Waals surface area contributed by atoms with Crippen molar-refractivity contribution in [1.82, 2.24) is 15.2 Å². The molecule has 0 radical (unpaired) electrons. The third-order valence-corrected chi connectivity index (χ3v) is 4.51. The number of hydrogen-bond donors (Lipinski definition) is 2. The number of carbonyl (C=O) groups excluding carboxylic acids is 1. The molecule has 3 rings (SSSR count). The van der Waals surface area contributed by atoms with Gasteiger partial charge in [-0.2, -0.15) is 0 Å². The van der Waals surface area contributed by atoms with Gasteiger partial charge in [0.25, 0.3) is 0 Å². The van der Waals surface area contributed by atoms with Crippen LogP contribution in [0.2, 0.25) is 0 Å². The summed E-state index contributed by atoms with van der Waals surface area (Å²) in [6.07, 6.45) is -0.428. The number of amides is 2. The highest BCUT2D eigenvalue weighted by Crippen LogP contribution is 2.44. The molecule has 0 spiro atoms. The molecule has 0 fully saturated rings. The van der Waals surface area contributed by atoms with Crippen LogP contribution >= 0.6 is 11.6 Å². The van der Waals surface area contributed by atoms with Crippen molar-refractivity contribution in [1.29, 1.82) is 0 Å². The molecule has 2 amide bonds. The van der Waals surface area contributed by atoms with Crippen LogP contribution in [0.25, 0.3) is 11.0 Å². The maximum Gasteiger partial charge on any atom is 0.315 e. The molecule has 9 heteroatoms. The van der Waals surface area contributed by atoms with Crippen LogP contribution in [0, 0.1) is 0 Å². The van der Waals surface area contributed by atoms with Gasteiger partial charge in [0.15, 0.2) is 0 Å². The Bertz CT molecular complexity index is 763. The van der Waals surface area contributed by atoms with Gasteiger partial charge in [-0.1, -0.05) is 0 Å². The highest BCUT2D eigenvalue weighted by atomic mass is 35.5. The first-order valence-electron chi connectivity index (χ1n) is 7.60. The van der Waals surface area contributed by atoms with E-state index in [1.165, 1.54) is 4.90 Å². The second-order valence-electron chi connectivity index (χ2n) is 6.31. The van der Waals surface area contributed by atoms with Crippen LogP contribution < -0.4 is 10.5 Å². The summed E-state index contributed by atoms with van der Waals surface area (Å²) in [5, 5.41) is 18.4. The van der Waals surface area contributed by atoms with Crippen molar-refractivity contribution in [2.24, 2.45) is 5.73 Å². The Kier molecular flexibility index (Phi) is 4.27. The largest absolute Gasteiger partial charge is 0.485 e. The molecule has 3 N–H and O–H groups in total. The Balaban J connectivity index is 2.13. The lowest BCUT2D eigenvalue weighted by Crippen LogP contribution is -2.55. The smallest absolute Gasteiger partial charge is 0.315 e. The van der Waals surface area contributed by atoms with E-state index in [-0.39, 0.29) is 0 Å². The summed E-state index contributed by atoms with van der Waals surface area (Å²) in [4.78, 5) is 13.4. The van der Waals surface area contributed by atoms with Gasteiger partial charge in [0.2, 0.25) is 0 Å². The topological polar surface area (TPSA) is 115 Å². The second-order valence-corrected chi connectivity index (χ2v) is 6.69. The molecule has 1 aromatic heterocycles. The highest BCUT2D eigenvalue weighted by molar-refractivity contribution is 6.17. The van der Waals surface area contributed by atoms with Crippen LogP contribution in [0.3, 0.4) is 0 Å². The maximum absolute atomic E-state index is 12.0. The number of nitrogens with zero attached hydrogens (tertiary/aromatic N) is 3. The predicted molar refractivity (Wildman–Crippen MR) is 86.9 cm³/mol. The molecule has 1 aliphatic rings. The first-order valence-corrected chi connectivity index (χ1v) is 8.14. The number of carbonyl (C=O) groups is 1.